The third-order valence-corrected chi connectivity index (χ3v) is 3.65. The summed E-state index contributed by atoms with van der Waals surface area (Å²) in [6, 6.07) is 2.34. The van der Waals surface area contributed by atoms with Gasteiger partial charge in [-0.3, -0.25) is 25.0 Å². The molecular formula is C9H9N3O5S3. The highest BCUT2D eigenvalue weighted by atomic mass is 33.1. The molecule has 108 valence electrons. The van der Waals surface area contributed by atoms with Gasteiger partial charge in [-0.05, 0) is 16.9 Å². The number of benzene rings is 1. The number of nitrogens with one attached hydrogen (secondary N) is 1. The Morgan fingerprint density at radius 1 is 1.35 bits per heavy atom. The van der Waals surface area contributed by atoms with E-state index in [0.29, 0.717) is 10.8 Å². The van der Waals surface area contributed by atoms with Gasteiger partial charge < -0.3 is 5.32 Å². The van der Waals surface area contributed by atoms with Gasteiger partial charge in [-0.15, -0.1) is 11.7 Å². The van der Waals surface area contributed by atoms with Crippen molar-refractivity contribution in [2.24, 2.45) is 0 Å². The number of carbonyl (C=O) groups is 1. The maximum absolute atomic E-state index is 11.5. The highest BCUT2D eigenvalue weighted by molar-refractivity contribution is 8.74. The van der Waals surface area contributed by atoms with Crippen LogP contribution in [0.15, 0.2) is 18.2 Å². The molecule has 1 atom stereocenters. The molecule has 20 heavy (non-hydrogen) atoms. The highest BCUT2D eigenvalue weighted by Gasteiger charge is 2.23. The normalized spacial score (nSPS) is 11.7. The molecule has 0 saturated carbocycles. The largest absolute Gasteiger partial charge is 0.368 e. The van der Waals surface area contributed by atoms with Gasteiger partial charge >= 0.3 is 0 Å². The van der Waals surface area contributed by atoms with E-state index in [0.717, 1.165) is 12.1 Å². The lowest BCUT2D eigenvalue weighted by atomic mass is 10.2. The Morgan fingerprint density at radius 3 is 2.45 bits per heavy atom. The summed E-state index contributed by atoms with van der Waals surface area (Å²) in [5, 5.41) is 23.8. The summed E-state index contributed by atoms with van der Waals surface area (Å²) in [7, 11) is 0.665. The molecule has 0 saturated heterocycles. The number of anilines is 1. The van der Waals surface area contributed by atoms with E-state index in [9.17, 15) is 25.0 Å². The van der Waals surface area contributed by atoms with Crippen molar-refractivity contribution >= 4 is 57.3 Å². The first kappa shape index (κ1) is 16.6. The minimum Gasteiger partial charge on any atom is -0.368 e. The molecule has 0 aliphatic rings. The molecule has 1 rings (SSSR count). The summed E-state index contributed by atoms with van der Waals surface area (Å²) < 4.78 is 0. The Kier molecular flexibility index (Phi) is 6.10. The van der Waals surface area contributed by atoms with Crippen LogP contribution in [0.25, 0.3) is 0 Å². The summed E-state index contributed by atoms with van der Waals surface area (Å²) in [6.45, 7) is 0. The Hall–Kier alpha value is -1.46. The smallest absolute Gasteiger partial charge is 0.299 e. The number of nitro benzene ring substituents is 2. The monoisotopic (exact) mass is 335 g/mol. The molecule has 0 spiro atoms. The summed E-state index contributed by atoms with van der Waals surface area (Å²) in [4.78, 5) is 31.5. The number of non-ortho nitro benzene ring substituents is 1. The number of carbonyl (C=O) groups excluding carboxylic acids is 1. The zero-order valence-electron chi connectivity index (χ0n) is 9.75. The van der Waals surface area contributed by atoms with Crippen LogP contribution in [0.1, 0.15) is 0 Å². The van der Waals surface area contributed by atoms with Crippen molar-refractivity contribution in [3.05, 3.63) is 38.4 Å². The topological polar surface area (TPSA) is 115 Å². The average molecular weight is 335 g/mol. The van der Waals surface area contributed by atoms with Gasteiger partial charge in [-0.25, -0.2) is 0 Å². The van der Waals surface area contributed by atoms with Crippen molar-refractivity contribution in [2.75, 3.05) is 11.1 Å². The predicted molar refractivity (Wildman–Crippen MR) is 82.6 cm³/mol. The summed E-state index contributed by atoms with van der Waals surface area (Å²) in [6.07, 6.45) is 0. The zero-order valence-corrected chi connectivity index (χ0v) is 12.4. The van der Waals surface area contributed by atoms with Gasteiger partial charge in [0.15, 0.2) is 0 Å². The van der Waals surface area contributed by atoms with Gasteiger partial charge in [-0.2, -0.15) is 12.6 Å². The maximum atomic E-state index is 11.5. The molecule has 0 amide bonds. The Balaban J connectivity index is 3.14. The summed E-state index contributed by atoms with van der Waals surface area (Å²) >= 11 is 7.72. The van der Waals surface area contributed by atoms with Gasteiger partial charge in [0.2, 0.25) is 5.12 Å². The summed E-state index contributed by atoms with van der Waals surface area (Å²) in [5.41, 5.74) is -0.877. The first-order valence-corrected chi connectivity index (χ1v) is 7.56. The van der Waals surface area contributed by atoms with E-state index in [1.54, 1.807) is 0 Å². The van der Waals surface area contributed by atoms with Gasteiger partial charge in [-0.1, -0.05) is 0 Å². The van der Waals surface area contributed by atoms with Gasteiger partial charge in [0.25, 0.3) is 11.4 Å². The molecule has 8 nitrogen and oxygen atoms in total. The third kappa shape index (κ3) is 4.02. The molecule has 1 aromatic rings. The van der Waals surface area contributed by atoms with E-state index >= 15 is 0 Å². The van der Waals surface area contributed by atoms with Crippen LogP contribution in [0.2, 0.25) is 0 Å². The molecule has 1 aromatic carbocycles. The third-order valence-electron chi connectivity index (χ3n) is 2.28. The fourth-order valence-corrected chi connectivity index (χ4v) is 2.37. The van der Waals surface area contributed by atoms with Gasteiger partial charge in [0.05, 0.1) is 15.9 Å². The number of nitro groups is 2. The first-order chi connectivity index (χ1) is 9.40. The Labute approximate surface area is 127 Å². The fraction of sp³-hybridized carbons (Fsp3) is 0.222. The second-order valence-corrected chi connectivity index (χ2v) is 5.00. The molecule has 0 heterocycles. The van der Waals surface area contributed by atoms with Gasteiger partial charge in [0.1, 0.15) is 11.7 Å². The molecular weight excluding hydrogens is 326 g/mol. The molecule has 0 aliphatic carbocycles. The average Bonchev–Trinajstić information content (AvgIpc) is 2.43. The van der Waals surface area contributed by atoms with Crippen LogP contribution >= 0.6 is 35.1 Å². The molecule has 0 radical (unpaired) electrons. The molecule has 1 unspecified atom stereocenters. The van der Waals surface area contributed by atoms with E-state index in [4.69, 9.17) is 0 Å². The van der Waals surface area contributed by atoms with Crippen LogP contribution in [0.3, 0.4) is 0 Å². The van der Waals surface area contributed by atoms with Crippen LogP contribution in [0.4, 0.5) is 17.1 Å². The molecule has 0 aliphatic heterocycles. The Morgan fingerprint density at radius 2 is 2.00 bits per heavy atom. The molecule has 0 bridgehead atoms. The second kappa shape index (κ2) is 7.36. The van der Waals surface area contributed by atoms with Crippen molar-refractivity contribution in [1.29, 1.82) is 0 Å². The van der Waals surface area contributed by atoms with Crippen LogP contribution < -0.4 is 5.32 Å². The van der Waals surface area contributed by atoms with Crippen LogP contribution in [0.5, 0.6) is 0 Å². The number of hydrogen-bond acceptors (Lipinski definition) is 9. The standard InChI is InChI=1S/C9H9N3O5S3/c13-9(20-19)7(4-18)10-6-2-1-5(11(14)15)3-8(6)12(16)17/h1-3,7,10,18-19H,4H2. The lowest BCUT2D eigenvalue weighted by molar-refractivity contribution is -0.393. The van der Waals surface area contributed by atoms with Crippen LogP contribution in [-0.2, 0) is 4.79 Å². The number of rotatable bonds is 6. The van der Waals surface area contributed by atoms with E-state index in [2.05, 4.69) is 29.6 Å². The van der Waals surface area contributed by atoms with E-state index in [1.807, 2.05) is 0 Å². The van der Waals surface area contributed by atoms with Crippen molar-refractivity contribution in [3.63, 3.8) is 0 Å². The minimum absolute atomic E-state index is 0.00961. The highest BCUT2D eigenvalue weighted by Crippen LogP contribution is 2.30. The molecule has 0 fully saturated rings. The molecule has 1 N–H and O–H groups in total. The van der Waals surface area contributed by atoms with Crippen molar-refractivity contribution in [2.45, 2.75) is 6.04 Å². The number of thiol groups is 2. The summed E-state index contributed by atoms with van der Waals surface area (Å²) in [5.74, 6) is 0.0978. The predicted octanol–water partition coefficient (Wildman–Crippen LogP) is 2.32. The van der Waals surface area contributed by atoms with Crippen molar-refractivity contribution < 1.29 is 14.6 Å². The van der Waals surface area contributed by atoms with Crippen LogP contribution in [0, 0.1) is 20.2 Å². The van der Waals surface area contributed by atoms with E-state index in [-0.39, 0.29) is 16.6 Å². The van der Waals surface area contributed by atoms with E-state index in [1.165, 1.54) is 6.07 Å². The quantitative estimate of drug-likeness (QED) is 0.316. The van der Waals surface area contributed by atoms with Crippen molar-refractivity contribution in [3.8, 4) is 0 Å². The lowest BCUT2D eigenvalue weighted by Gasteiger charge is -2.14. The van der Waals surface area contributed by atoms with E-state index < -0.39 is 27.3 Å². The SMILES string of the molecule is O=C(SS)C(CS)Nc1ccc([N+](=O)[O-])cc1[N+](=O)[O-]. The second-order valence-electron chi connectivity index (χ2n) is 3.51. The van der Waals surface area contributed by atoms with Crippen molar-refractivity contribution in [1.82, 2.24) is 0 Å². The number of hydrogen-bond donors (Lipinski definition) is 3. The molecule has 11 heteroatoms. The lowest BCUT2D eigenvalue weighted by Crippen LogP contribution is -2.29. The molecule has 0 aromatic heterocycles. The maximum Gasteiger partial charge on any atom is 0.299 e. The minimum atomic E-state index is -0.791. The van der Waals surface area contributed by atoms with Crippen LogP contribution in [-0.4, -0.2) is 26.8 Å². The fourth-order valence-electron chi connectivity index (χ4n) is 1.34. The zero-order chi connectivity index (χ0) is 15.3. The van der Waals surface area contributed by atoms with Gasteiger partial charge in [0, 0.05) is 11.8 Å². The number of nitrogens with zero attached hydrogens (tertiary/aromatic N) is 2. The Bertz CT molecular complexity index is 554. The first-order valence-electron chi connectivity index (χ1n) is 5.06.